The van der Waals surface area contributed by atoms with Gasteiger partial charge in [0.1, 0.15) is 4.75 Å². The van der Waals surface area contributed by atoms with Gasteiger partial charge in [0.05, 0.1) is 12.9 Å². The summed E-state index contributed by atoms with van der Waals surface area (Å²) >= 11 is 1.13. The number of aliphatic carboxylic acids is 1. The Hall–Kier alpha value is -0.750. The summed E-state index contributed by atoms with van der Waals surface area (Å²) < 4.78 is 8.71. The number of carboxylic acids is 1. The lowest BCUT2D eigenvalue weighted by Crippen LogP contribution is -2.41. The van der Waals surface area contributed by atoms with Crippen molar-refractivity contribution in [1.29, 1.82) is 0 Å². The van der Waals surface area contributed by atoms with Crippen molar-refractivity contribution in [2.24, 2.45) is 0 Å². The lowest BCUT2D eigenvalue weighted by atomic mass is 9.99. The van der Waals surface area contributed by atoms with Gasteiger partial charge in [0.2, 0.25) is 0 Å². The topological polar surface area (TPSA) is 72.8 Å². The molecule has 1 saturated heterocycles. The molecule has 1 N–H and O–H groups in total. The predicted octanol–water partition coefficient (Wildman–Crippen LogP) is 0.526. The van der Waals surface area contributed by atoms with Crippen LogP contribution in [0.15, 0.2) is 0 Å². The van der Waals surface area contributed by atoms with Crippen molar-refractivity contribution in [1.82, 2.24) is 0 Å². The third-order valence-electron chi connectivity index (χ3n) is 2.38. The fraction of sp³-hybridized carbons (Fsp3) is 0.778. The fourth-order valence-corrected chi connectivity index (χ4v) is 2.47. The van der Waals surface area contributed by atoms with E-state index in [-0.39, 0.29) is 5.75 Å². The molecule has 1 aliphatic heterocycles. The number of ether oxygens (including phenoxy) is 2. The van der Waals surface area contributed by atoms with Gasteiger partial charge in [-0.1, -0.05) is 0 Å². The molecule has 1 heterocycles. The van der Waals surface area contributed by atoms with Gasteiger partial charge in [0.15, 0.2) is 0 Å². The zero-order valence-electron chi connectivity index (χ0n) is 8.52. The number of carbonyl (C=O) groups excluding carboxylic acids is 1. The summed E-state index contributed by atoms with van der Waals surface area (Å²) in [4.78, 5) is 22.1. The van der Waals surface area contributed by atoms with Crippen LogP contribution in [0.25, 0.3) is 0 Å². The smallest absolute Gasteiger partial charge is 0.319 e. The first-order valence-electron chi connectivity index (χ1n) is 4.63. The van der Waals surface area contributed by atoms with Crippen LogP contribution in [0.3, 0.4) is 0 Å². The van der Waals surface area contributed by atoms with Gasteiger partial charge in [0.25, 0.3) is 0 Å². The number of carbonyl (C=O) groups is 2. The summed E-state index contributed by atoms with van der Waals surface area (Å²) in [7, 11) is 1.29. The molecule has 86 valence electrons. The molecule has 0 saturated carbocycles. The van der Waals surface area contributed by atoms with E-state index in [1.807, 2.05) is 0 Å². The van der Waals surface area contributed by atoms with Crippen molar-refractivity contribution in [2.75, 3.05) is 26.1 Å². The van der Waals surface area contributed by atoms with E-state index < -0.39 is 16.7 Å². The monoisotopic (exact) mass is 234 g/mol. The summed E-state index contributed by atoms with van der Waals surface area (Å²) in [6, 6.07) is 0. The lowest BCUT2D eigenvalue weighted by Gasteiger charge is -2.31. The fourth-order valence-electron chi connectivity index (χ4n) is 1.38. The Bertz CT molecular complexity index is 247. The Morgan fingerprint density at radius 1 is 1.47 bits per heavy atom. The van der Waals surface area contributed by atoms with E-state index in [9.17, 15) is 9.59 Å². The van der Waals surface area contributed by atoms with E-state index in [0.717, 1.165) is 11.8 Å². The lowest BCUT2D eigenvalue weighted by molar-refractivity contribution is -0.142. The normalized spacial score (nSPS) is 19.5. The second-order valence-corrected chi connectivity index (χ2v) is 4.64. The predicted molar refractivity (Wildman–Crippen MR) is 54.9 cm³/mol. The van der Waals surface area contributed by atoms with Gasteiger partial charge < -0.3 is 14.6 Å². The highest BCUT2D eigenvalue weighted by molar-refractivity contribution is 8.02. The summed E-state index contributed by atoms with van der Waals surface area (Å²) in [6.45, 7) is 0.862. The van der Waals surface area contributed by atoms with Crippen LogP contribution >= 0.6 is 11.8 Å². The molecule has 0 atom stereocenters. The molecule has 1 fully saturated rings. The van der Waals surface area contributed by atoms with Crippen LogP contribution in [0.4, 0.5) is 0 Å². The Balaban J connectivity index is 2.57. The molecule has 5 nitrogen and oxygen atoms in total. The van der Waals surface area contributed by atoms with Crippen molar-refractivity contribution in [3.63, 3.8) is 0 Å². The van der Waals surface area contributed by atoms with Gasteiger partial charge in [-0.25, -0.2) is 0 Å². The molecule has 0 bridgehead atoms. The molecule has 0 spiro atoms. The van der Waals surface area contributed by atoms with Crippen LogP contribution in [-0.2, 0) is 19.1 Å². The number of carboxylic acid groups (broad SMARTS) is 1. The summed E-state index contributed by atoms with van der Waals surface area (Å²) in [5.74, 6) is -1.20. The SMILES string of the molecule is COC(=O)CSC1(C(=O)O)CCOCC1. The Morgan fingerprint density at radius 3 is 2.53 bits per heavy atom. The summed E-state index contributed by atoms with van der Waals surface area (Å²) in [5.41, 5.74) is 0. The second kappa shape index (κ2) is 5.37. The average molecular weight is 234 g/mol. The molecule has 15 heavy (non-hydrogen) atoms. The van der Waals surface area contributed by atoms with Gasteiger partial charge in [-0.15, -0.1) is 11.8 Å². The Morgan fingerprint density at radius 2 is 2.07 bits per heavy atom. The summed E-state index contributed by atoms with van der Waals surface area (Å²) in [5, 5.41) is 9.15. The first-order chi connectivity index (χ1) is 7.10. The zero-order valence-corrected chi connectivity index (χ0v) is 9.34. The molecule has 0 aromatic rings. The molecule has 0 radical (unpaired) electrons. The Kier molecular flexibility index (Phi) is 4.41. The van der Waals surface area contributed by atoms with Gasteiger partial charge in [-0.3, -0.25) is 9.59 Å². The van der Waals surface area contributed by atoms with Crippen molar-refractivity contribution >= 4 is 23.7 Å². The van der Waals surface area contributed by atoms with E-state index in [2.05, 4.69) is 4.74 Å². The summed E-state index contributed by atoms with van der Waals surface area (Å²) in [6.07, 6.45) is 0.869. The second-order valence-electron chi connectivity index (χ2n) is 3.28. The van der Waals surface area contributed by atoms with Crippen molar-refractivity contribution in [2.45, 2.75) is 17.6 Å². The maximum absolute atomic E-state index is 11.1. The van der Waals surface area contributed by atoms with Crippen LogP contribution in [-0.4, -0.2) is 47.9 Å². The highest BCUT2D eigenvalue weighted by Gasteiger charge is 2.41. The molecule has 1 rings (SSSR count). The number of methoxy groups -OCH3 is 1. The van der Waals surface area contributed by atoms with Crippen molar-refractivity contribution < 1.29 is 24.2 Å². The van der Waals surface area contributed by atoms with E-state index in [0.29, 0.717) is 26.1 Å². The molecule has 0 aliphatic carbocycles. The minimum Gasteiger partial charge on any atom is -0.480 e. The first-order valence-corrected chi connectivity index (χ1v) is 5.61. The van der Waals surface area contributed by atoms with Crippen LogP contribution < -0.4 is 0 Å². The molecular formula is C9H14O5S. The molecule has 1 aliphatic rings. The first kappa shape index (κ1) is 12.3. The van der Waals surface area contributed by atoms with Gasteiger partial charge in [-0.2, -0.15) is 0 Å². The van der Waals surface area contributed by atoms with Crippen LogP contribution in [0.1, 0.15) is 12.8 Å². The highest BCUT2D eigenvalue weighted by atomic mass is 32.2. The van der Waals surface area contributed by atoms with E-state index in [1.54, 1.807) is 0 Å². The van der Waals surface area contributed by atoms with Crippen molar-refractivity contribution in [3.05, 3.63) is 0 Å². The van der Waals surface area contributed by atoms with Gasteiger partial charge in [0, 0.05) is 13.2 Å². The highest BCUT2D eigenvalue weighted by Crippen LogP contribution is 2.35. The third kappa shape index (κ3) is 3.10. The largest absolute Gasteiger partial charge is 0.480 e. The van der Waals surface area contributed by atoms with Crippen molar-refractivity contribution in [3.8, 4) is 0 Å². The zero-order chi connectivity index (χ0) is 11.3. The van der Waals surface area contributed by atoms with Gasteiger partial charge in [-0.05, 0) is 12.8 Å². The van der Waals surface area contributed by atoms with Crippen LogP contribution in [0.2, 0.25) is 0 Å². The van der Waals surface area contributed by atoms with Crippen LogP contribution in [0.5, 0.6) is 0 Å². The van der Waals surface area contributed by atoms with E-state index in [4.69, 9.17) is 9.84 Å². The van der Waals surface area contributed by atoms with Gasteiger partial charge >= 0.3 is 11.9 Å². The molecule has 6 heteroatoms. The minimum absolute atomic E-state index is 0.0722. The molecule has 0 amide bonds. The van der Waals surface area contributed by atoms with Crippen LogP contribution in [0, 0.1) is 0 Å². The maximum Gasteiger partial charge on any atom is 0.319 e. The molecule has 0 unspecified atom stereocenters. The number of hydrogen-bond donors (Lipinski definition) is 1. The number of thioether (sulfide) groups is 1. The third-order valence-corrected chi connectivity index (χ3v) is 3.90. The van der Waals surface area contributed by atoms with E-state index >= 15 is 0 Å². The standard InChI is InChI=1S/C9H14O5S/c1-13-7(10)6-15-9(8(11)12)2-4-14-5-3-9/h2-6H2,1H3,(H,11,12). The average Bonchev–Trinajstić information content (AvgIpc) is 2.27. The maximum atomic E-state index is 11.1. The van der Waals surface area contributed by atoms with E-state index in [1.165, 1.54) is 7.11 Å². The number of hydrogen-bond acceptors (Lipinski definition) is 5. The quantitative estimate of drug-likeness (QED) is 0.715. The number of rotatable bonds is 4. The Labute approximate surface area is 92.1 Å². The number of esters is 1. The molecule has 0 aromatic heterocycles. The minimum atomic E-state index is -0.882. The molecule has 0 aromatic carbocycles. The molecular weight excluding hydrogens is 220 g/mol.